The van der Waals surface area contributed by atoms with Crippen molar-refractivity contribution in [1.82, 2.24) is 0 Å². The predicted octanol–water partition coefficient (Wildman–Crippen LogP) is 3.79. The van der Waals surface area contributed by atoms with Gasteiger partial charge >= 0.3 is 0 Å². The van der Waals surface area contributed by atoms with E-state index in [1.54, 1.807) is 0 Å². The lowest BCUT2D eigenvalue weighted by molar-refractivity contribution is -0.0447. The van der Waals surface area contributed by atoms with E-state index in [4.69, 9.17) is 9.47 Å². The van der Waals surface area contributed by atoms with Gasteiger partial charge in [-0.1, -0.05) is 42.8 Å². The summed E-state index contributed by atoms with van der Waals surface area (Å²) in [5.41, 5.74) is 2.53. The zero-order valence-electron chi connectivity index (χ0n) is 9.92. The van der Waals surface area contributed by atoms with Gasteiger partial charge in [0, 0.05) is 10.0 Å². The molecule has 0 amide bonds. The van der Waals surface area contributed by atoms with Crippen molar-refractivity contribution in [3.63, 3.8) is 0 Å². The molecule has 0 aliphatic carbocycles. The van der Waals surface area contributed by atoms with E-state index >= 15 is 0 Å². The lowest BCUT2D eigenvalue weighted by Crippen LogP contribution is -2.12. The van der Waals surface area contributed by atoms with Crippen LogP contribution >= 0.6 is 15.9 Å². The number of ether oxygens (including phenoxy) is 2. The summed E-state index contributed by atoms with van der Waals surface area (Å²) in [6, 6.07) is 6.38. The summed E-state index contributed by atoms with van der Waals surface area (Å²) in [4.78, 5) is 0. The minimum atomic E-state index is -0.211. The Bertz CT molecular complexity index is 376. The molecule has 2 rings (SSSR count). The van der Waals surface area contributed by atoms with Crippen LogP contribution in [0.5, 0.6) is 0 Å². The first-order chi connectivity index (χ1) is 7.48. The van der Waals surface area contributed by atoms with Crippen LogP contribution in [0.15, 0.2) is 22.7 Å². The van der Waals surface area contributed by atoms with Gasteiger partial charge in [0.25, 0.3) is 0 Å². The third-order valence-corrected chi connectivity index (χ3v) is 3.46. The van der Waals surface area contributed by atoms with E-state index in [1.807, 2.05) is 0 Å². The van der Waals surface area contributed by atoms with Crippen LogP contribution < -0.4 is 0 Å². The van der Waals surface area contributed by atoms with Crippen molar-refractivity contribution in [2.24, 2.45) is 0 Å². The Morgan fingerprint density at radius 2 is 1.81 bits per heavy atom. The van der Waals surface area contributed by atoms with Crippen molar-refractivity contribution in [2.75, 3.05) is 13.2 Å². The second-order valence-electron chi connectivity index (χ2n) is 5.06. The Morgan fingerprint density at radius 3 is 2.38 bits per heavy atom. The summed E-state index contributed by atoms with van der Waals surface area (Å²) in [6.07, 6.45) is -0.211. The molecule has 3 heteroatoms. The molecule has 1 aromatic carbocycles. The van der Waals surface area contributed by atoms with Crippen LogP contribution in [0.1, 0.15) is 38.2 Å². The zero-order valence-corrected chi connectivity index (χ0v) is 11.5. The fourth-order valence-electron chi connectivity index (χ4n) is 1.73. The zero-order chi connectivity index (χ0) is 11.8. The van der Waals surface area contributed by atoms with Crippen LogP contribution in [0.3, 0.4) is 0 Å². The molecule has 1 aromatic rings. The summed E-state index contributed by atoms with van der Waals surface area (Å²) >= 11 is 3.55. The standard InChI is InChI=1S/C13H17BrO2/c1-13(2,3)9-4-5-11(14)10(8-9)12-15-6-7-16-12/h4-5,8,12H,6-7H2,1-3H3. The monoisotopic (exact) mass is 284 g/mol. The maximum atomic E-state index is 5.54. The highest BCUT2D eigenvalue weighted by molar-refractivity contribution is 9.10. The number of halogens is 1. The molecule has 0 N–H and O–H groups in total. The minimum Gasteiger partial charge on any atom is -0.346 e. The summed E-state index contributed by atoms with van der Waals surface area (Å²) in [5, 5.41) is 0. The lowest BCUT2D eigenvalue weighted by atomic mass is 9.86. The number of benzene rings is 1. The van der Waals surface area contributed by atoms with Gasteiger partial charge in [-0.15, -0.1) is 0 Å². The highest BCUT2D eigenvalue weighted by Crippen LogP contribution is 2.33. The Hall–Kier alpha value is -0.380. The van der Waals surface area contributed by atoms with Crippen LogP contribution in [-0.2, 0) is 14.9 Å². The molecule has 0 radical (unpaired) electrons. The molecule has 1 aliphatic heterocycles. The van der Waals surface area contributed by atoms with Crippen molar-refractivity contribution in [3.8, 4) is 0 Å². The first-order valence-corrected chi connectivity index (χ1v) is 6.31. The molecule has 1 heterocycles. The van der Waals surface area contributed by atoms with E-state index in [1.165, 1.54) is 5.56 Å². The molecule has 1 saturated heterocycles. The number of hydrogen-bond donors (Lipinski definition) is 0. The van der Waals surface area contributed by atoms with Crippen LogP contribution in [0.25, 0.3) is 0 Å². The smallest absolute Gasteiger partial charge is 0.185 e. The van der Waals surface area contributed by atoms with Crippen molar-refractivity contribution in [3.05, 3.63) is 33.8 Å². The quantitative estimate of drug-likeness (QED) is 0.781. The second kappa shape index (κ2) is 4.47. The first kappa shape index (κ1) is 12.1. The Balaban J connectivity index is 2.36. The molecule has 0 aromatic heterocycles. The van der Waals surface area contributed by atoms with E-state index in [9.17, 15) is 0 Å². The van der Waals surface area contributed by atoms with Gasteiger partial charge in [-0.3, -0.25) is 0 Å². The molecule has 1 aliphatic rings. The van der Waals surface area contributed by atoms with Crippen molar-refractivity contribution >= 4 is 15.9 Å². The molecular formula is C13H17BrO2. The Morgan fingerprint density at radius 1 is 1.19 bits per heavy atom. The van der Waals surface area contributed by atoms with Crippen molar-refractivity contribution < 1.29 is 9.47 Å². The molecule has 1 fully saturated rings. The van der Waals surface area contributed by atoms with E-state index in [2.05, 4.69) is 54.9 Å². The Kier molecular flexibility index (Phi) is 3.38. The lowest BCUT2D eigenvalue weighted by Gasteiger charge is -2.21. The molecule has 0 bridgehead atoms. The average molecular weight is 285 g/mol. The molecule has 16 heavy (non-hydrogen) atoms. The number of hydrogen-bond acceptors (Lipinski definition) is 2. The van der Waals surface area contributed by atoms with Gasteiger partial charge < -0.3 is 9.47 Å². The second-order valence-corrected chi connectivity index (χ2v) is 5.91. The summed E-state index contributed by atoms with van der Waals surface area (Å²) in [5.74, 6) is 0. The molecular weight excluding hydrogens is 268 g/mol. The van der Waals surface area contributed by atoms with Gasteiger partial charge in [0.15, 0.2) is 6.29 Å². The molecule has 0 spiro atoms. The van der Waals surface area contributed by atoms with Gasteiger partial charge in [-0.05, 0) is 23.1 Å². The predicted molar refractivity (Wildman–Crippen MR) is 67.5 cm³/mol. The summed E-state index contributed by atoms with van der Waals surface area (Å²) in [7, 11) is 0. The van der Waals surface area contributed by atoms with Crippen molar-refractivity contribution in [1.29, 1.82) is 0 Å². The first-order valence-electron chi connectivity index (χ1n) is 5.51. The fourth-order valence-corrected chi connectivity index (χ4v) is 2.16. The third-order valence-electron chi connectivity index (χ3n) is 2.74. The van der Waals surface area contributed by atoms with Gasteiger partial charge in [0.1, 0.15) is 0 Å². The van der Waals surface area contributed by atoms with Gasteiger partial charge in [0.05, 0.1) is 13.2 Å². The Labute approximate surface area is 105 Å². The fraction of sp³-hybridized carbons (Fsp3) is 0.538. The maximum absolute atomic E-state index is 5.54. The van der Waals surface area contributed by atoms with Gasteiger partial charge in [-0.25, -0.2) is 0 Å². The summed E-state index contributed by atoms with van der Waals surface area (Å²) in [6.45, 7) is 7.97. The highest BCUT2D eigenvalue weighted by atomic mass is 79.9. The van der Waals surface area contributed by atoms with Gasteiger partial charge in [-0.2, -0.15) is 0 Å². The number of rotatable bonds is 1. The largest absolute Gasteiger partial charge is 0.346 e. The normalized spacial score (nSPS) is 18.0. The van der Waals surface area contributed by atoms with E-state index in [0.29, 0.717) is 13.2 Å². The van der Waals surface area contributed by atoms with Crippen LogP contribution in [0.4, 0.5) is 0 Å². The van der Waals surface area contributed by atoms with Gasteiger partial charge in [0.2, 0.25) is 0 Å². The third kappa shape index (κ3) is 2.47. The van der Waals surface area contributed by atoms with E-state index in [-0.39, 0.29) is 11.7 Å². The van der Waals surface area contributed by atoms with Crippen LogP contribution in [0, 0.1) is 0 Å². The molecule has 0 unspecified atom stereocenters. The minimum absolute atomic E-state index is 0.147. The van der Waals surface area contributed by atoms with Crippen LogP contribution in [-0.4, -0.2) is 13.2 Å². The maximum Gasteiger partial charge on any atom is 0.185 e. The van der Waals surface area contributed by atoms with E-state index < -0.39 is 0 Å². The van der Waals surface area contributed by atoms with E-state index in [0.717, 1.165) is 10.0 Å². The molecule has 0 atom stereocenters. The topological polar surface area (TPSA) is 18.5 Å². The summed E-state index contributed by atoms with van der Waals surface area (Å²) < 4.78 is 12.1. The SMILES string of the molecule is CC(C)(C)c1ccc(Br)c(C2OCCO2)c1. The molecule has 88 valence electrons. The molecule has 0 saturated carbocycles. The highest BCUT2D eigenvalue weighted by Gasteiger charge is 2.23. The van der Waals surface area contributed by atoms with Crippen molar-refractivity contribution in [2.45, 2.75) is 32.5 Å². The molecule has 2 nitrogen and oxygen atoms in total. The average Bonchev–Trinajstić information content (AvgIpc) is 2.69. The van der Waals surface area contributed by atoms with Crippen LogP contribution in [0.2, 0.25) is 0 Å².